The molecule has 172 valence electrons. The summed E-state index contributed by atoms with van der Waals surface area (Å²) < 4.78 is 12.0. The molecule has 0 bridgehead atoms. The molecule has 0 aliphatic carbocycles. The van der Waals surface area contributed by atoms with Crippen molar-refractivity contribution in [3.63, 3.8) is 0 Å². The number of benzene rings is 3. The molecule has 4 rings (SSSR count). The fourth-order valence-corrected chi connectivity index (χ4v) is 4.17. The molecular formula is C25H18BrClN2O5. The fraction of sp³-hybridized carbons (Fsp3) is 0.0800. The molecule has 0 unspecified atom stereocenters. The number of ether oxygens (including phenoxy) is 2. The van der Waals surface area contributed by atoms with E-state index in [1.807, 2.05) is 12.1 Å². The zero-order valence-electron chi connectivity index (χ0n) is 17.9. The molecule has 0 aromatic heterocycles. The first-order chi connectivity index (χ1) is 16.4. The molecule has 3 aromatic carbocycles. The Hall–Kier alpha value is -3.62. The van der Waals surface area contributed by atoms with Crippen LogP contribution in [-0.4, -0.2) is 25.0 Å². The lowest BCUT2D eigenvalue weighted by molar-refractivity contribution is -0.122. The van der Waals surface area contributed by atoms with E-state index in [0.29, 0.717) is 32.2 Å². The van der Waals surface area contributed by atoms with Crippen LogP contribution in [0.25, 0.3) is 6.08 Å². The maximum absolute atomic E-state index is 13.0. The lowest BCUT2D eigenvalue weighted by atomic mass is 10.1. The maximum Gasteiger partial charge on any atom is 0.335 e. The number of hydrogen-bond donors (Lipinski definition) is 1. The SMILES string of the molecule is COc1cc(/C=C2\C(=O)NC(=O)N(c3ccccc3)C2=O)cc(Br)c1OCc1cccc(Cl)c1. The fourth-order valence-electron chi connectivity index (χ4n) is 3.38. The number of nitrogens with zero attached hydrogens (tertiary/aromatic N) is 1. The van der Waals surface area contributed by atoms with Gasteiger partial charge in [0, 0.05) is 5.02 Å². The van der Waals surface area contributed by atoms with Gasteiger partial charge in [0.2, 0.25) is 0 Å². The lowest BCUT2D eigenvalue weighted by Crippen LogP contribution is -2.54. The molecule has 0 radical (unpaired) electrons. The monoisotopic (exact) mass is 540 g/mol. The molecule has 0 saturated carbocycles. The summed E-state index contributed by atoms with van der Waals surface area (Å²) in [7, 11) is 1.49. The number of anilines is 1. The number of carbonyl (C=O) groups is 3. The molecule has 4 amide bonds. The van der Waals surface area contributed by atoms with E-state index in [2.05, 4.69) is 21.2 Å². The van der Waals surface area contributed by atoms with E-state index in [0.717, 1.165) is 10.5 Å². The van der Waals surface area contributed by atoms with Gasteiger partial charge in [-0.25, -0.2) is 9.69 Å². The van der Waals surface area contributed by atoms with E-state index in [1.54, 1.807) is 54.6 Å². The van der Waals surface area contributed by atoms with Crippen LogP contribution in [0.2, 0.25) is 5.02 Å². The van der Waals surface area contributed by atoms with Crippen molar-refractivity contribution in [1.82, 2.24) is 5.32 Å². The van der Waals surface area contributed by atoms with Gasteiger partial charge >= 0.3 is 6.03 Å². The molecule has 3 aromatic rings. The second-order valence-corrected chi connectivity index (χ2v) is 8.54. The predicted octanol–water partition coefficient (Wildman–Crippen LogP) is 5.36. The van der Waals surface area contributed by atoms with Gasteiger partial charge in [-0.1, -0.05) is 41.9 Å². The number of amides is 4. The summed E-state index contributed by atoms with van der Waals surface area (Å²) in [6.07, 6.45) is 1.40. The minimum Gasteiger partial charge on any atom is -0.493 e. The topological polar surface area (TPSA) is 84.9 Å². The number of carbonyl (C=O) groups excluding carboxylic acids is 3. The van der Waals surface area contributed by atoms with Gasteiger partial charge in [0.05, 0.1) is 17.3 Å². The van der Waals surface area contributed by atoms with E-state index < -0.39 is 17.8 Å². The molecule has 1 saturated heterocycles. The van der Waals surface area contributed by atoms with E-state index in [4.69, 9.17) is 21.1 Å². The van der Waals surface area contributed by atoms with Crippen LogP contribution in [0.4, 0.5) is 10.5 Å². The molecule has 1 aliphatic rings. The molecule has 34 heavy (non-hydrogen) atoms. The lowest BCUT2D eigenvalue weighted by Gasteiger charge is -2.26. The molecule has 7 nitrogen and oxygen atoms in total. The number of methoxy groups -OCH3 is 1. The Morgan fingerprint density at radius 3 is 2.50 bits per heavy atom. The first-order valence-corrected chi connectivity index (χ1v) is 11.3. The molecule has 0 spiro atoms. The Morgan fingerprint density at radius 2 is 1.79 bits per heavy atom. The smallest absolute Gasteiger partial charge is 0.335 e. The number of urea groups is 1. The average molecular weight is 542 g/mol. The van der Waals surface area contributed by atoms with Crippen LogP contribution < -0.4 is 19.7 Å². The van der Waals surface area contributed by atoms with Crippen LogP contribution in [0.5, 0.6) is 11.5 Å². The van der Waals surface area contributed by atoms with Crippen molar-refractivity contribution in [2.24, 2.45) is 0 Å². The van der Waals surface area contributed by atoms with Crippen LogP contribution >= 0.6 is 27.5 Å². The molecule has 1 heterocycles. The zero-order chi connectivity index (χ0) is 24.2. The number of imide groups is 2. The Labute approximate surface area is 209 Å². The van der Waals surface area contributed by atoms with Gasteiger partial charge in [-0.05, 0) is 69.5 Å². The van der Waals surface area contributed by atoms with E-state index in [1.165, 1.54) is 13.2 Å². The quantitative estimate of drug-likeness (QED) is 0.336. The minimum atomic E-state index is -0.804. The van der Waals surface area contributed by atoms with Crippen LogP contribution in [-0.2, 0) is 16.2 Å². The zero-order valence-corrected chi connectivity index (χ0v) is 20.2. The molecule has 1 aliphatic heterocycles. The van der Waals surface area contributed by atoms with Crippen LogP contribution in [0, 0.1) is 0 Å². The largest absolute Gasteiger partial charge is 0.493 e. The van der Waals surface area contributed by atoms with Crippen LogP contribution in [0.3, 0.4) is 0 Å². The highest BCUT2D eigenvalue weighted by Crippen LogP contribution is 2.38. The highest BCUT2D eigenvalue weighted by molar-refractivity contribution is 9.10. The van der Waals surface area contributed by atoms with Crippen molar-refractivity contribution in [2.45, 2.75) is 6.61 Å². The summed E-state index contributed by atoms with van der Waals surface area (Å²) in [6.45, 7) is 0.255. The Balaban J connectivity index is 1.64. The van der Waals surface area contributed by atoms with Gasteiger partial charge in [0.25, 0.3) is 11.8 Å². The molecule has 1 fully saturated rings. The highest BCUT2D eigenvalue weighted by Gasteiger charge is 2.36. The van der Waals surface area contributed by atoms with Gasteiger partial charge < -0.3 is 9.47 Å². The summed E-state index contributed by atoms with van der Waals surface area (Å²) in [5.41, 5.74) is 1.54. The van der Waals surface area contributed by atoms with Crippen molar-refractivity contribution in [2.75, 3.05) is 12.0 Å². The molecule has 0 atom stereocenters. The number of hydrogen-bond acceptors (Lipinski definition) is 5. The average Bonchev–Trinajstić information content (AvgIpc) is 2.81. The second-order valence-electron chi connectivity index (χ2n) is 7.25. The summed E-state index contributed by atoms with van der Waals surface area (Å²) in [5.74, 6) is -0.664. The van der Waals surface area contributed by atoms with Crippen molar-refractivity contribution in [3.05, 3.63) is 92.9 Å². The van der Waals surface area contributed by atoms with E-state index in [9.17, 15) is 14.4 Å². The van der Waals surface area contributed by atoms with Gasteiger partial charge in [0.1, 0.15) is 12.2 Å². The van der Waals surface area contributed by atoms with Gasteiger partial charge in [0.15, 0.2) is 11.5 Å². The Kier molecular flexibility index (Phi) is 7.00. The van der Waals surface area contributed by atoms with Gasteiger partial charge in [-0.15, -0.1) is 0 Å². The predicted molar refractivity (Wildman–Crippen MR) is 132 cm³/mol. The van der Waals surface area contributed by atoms with Gasteiger partial charge in [-0.3, -0.25) is 14.9 Å². The summed E-state index contributed by atoms with van der Waals surface area (Å²) in [6, 6.07) is 18.2. The number of rotatable bonds is 6. The standard InChI is InChI=1S/C25H18BrClN2O5/c1-33-21-13-16(12-20(26)22(21)34-14-15-6-5-7-17(27)10-15)11-19-23(30)28-25(32)29(24(19)31)18-8-3-2-4-9-18/h2-13H,14H2,1H3,(H,28,30,32)/b19-11+. The third kappa shape index (κ3) is 4.98. The van der Waals surface area contributed by atoms with E-state index in [-0.39, 0.29) is 12.2 Å². The second kappa shape index (κ2) is 10.1. The molecule has 9 heteroatoms. The molecule has 1 N–H and O–H groups in total. The molecular weight excluding hydrogens is 524 g/mol. The third-order valence-electron chi connectivity index (χ3n) is 4.95. The maximum atomic E-state index is 13.0. The van der Waals surface area contributed by atoms with Crippen molar-refractivity contribution in [1.29, 1.82) is 0 Å². The van der Waals surface area contributed by atoms with Gasteiger partial charge in [-0.2, -0.15) is 0 Å². The Morgan fingerprint density at radius 1 is 1.03 bits per heavy atom. The first kappa shape index (κ1) is 23.5. The summed E-state index contributed by atoms with van der Waals surface area (Å²) in [4.78, 5) is 38.7. The number of halogens is 2. The van der Waals surface area contributed by atoms with Crippen molar-refractivity contribution >= 4 is 57.1 Å². The summed E-state index contributed by atoms with van der Waals surface area (Å²) in [5, 5.41) is 2.81. The first-order valence-electron chi connectivity index (χ1n) is 10.1. The number of nitrogens with one attached hydrogen (secondary N) is 1. The number of barbiturate groups is 1. The minimum absolute atomic E-state index is 0.190. The van der Waals surface area contributed by atoms with Crippen molar-refractivity contribution < 1.29 is 23.9 Å². The van der Waals surface area contributed by atoms with Crippen LogP contribution in [0.15, 0.2) is 76.8 Å². The van der Waals surface area contributed by atoms with Crippen LogP contribution in [0.1, 0.15) is 11.1 Å². The highest BCUT2D eigenvalue weighted by atomic mass is 79.9. The Bertz CT molecular complexity index is 1310. The summed E-state index contributed by atoms with van der Waals surface area (Å²) >= 11 is 9.50. The van der Waals surface area contributed by atoms with Crippen molar-refractivity contribution in [3.8, 4) is 11.5 Å². The van der Waals surface area contributed by atoms with E-state index >= 15 is 0 Å². The number of para-hydroxylation sites is 1. The third-order valence-corrected chi connectivity index (χ3v) is 5.78. The normalized spacial score (nSPS) is 14.9.